The number of hydrazone groups is 1. The van der Waals surface area contributed by atoms with E-state index in [1.54, 1.807) is 24.3 Å². The first-order chi connectivity index (χ1) is 9.42. The number of aliphatic imine (C=N–C) groups is 1. The second-order valence-corrected chi connectivity index (χ2v) is 3.66. The molecule has 0 saturated heterocycles. The van der Waals surface area contributed by atoms with Crippen molar-refractivity contribution < 1.29 is 17.9 Å². The molecule has 0 fully saturated rings. The lowest BCUT2D eigenvalue weighted by Gasteiger charge is -2.11. The first-order valence-corrected chi connectivity index (χ1v) is 5.54. The standard InChI is InChI=1S/C13H14F3N3O/c1-17-11(8-12(19-18-2)13(14,15)16)9-4-6-10(20-3)7-5-9/h4-8,19H,2H2,1,3H3/b12-8-,17-11?. The fourth-order valence-electron chi connectivity index (χ4n) is 1.44. The molecular formula is C13H14F3N3O. The fraction of sp³-hybridized carbons (Fsp3) is 0.231. The summed E-state index contributed by atoms with van der Waals surface area (Å²) in [4.78, 5) is 3.85. The van der Waals surface area contributed by atoms with Crippen LogP contribution in [0.1, 0.15) is 5.56 Å². The van der Waals surface area contributed by atoms with Gasteiger partial charge in [0.1, 0.15) is 11.4 Å². The Morgan fingerprint density at radius 2 is 1.90 bits per heavy atom. The van der Waals surface area contributed by atoms with Gasteiger partial charge in [-0.25, -0.2) is 0 Å². The molecule has 0 unspecified atom stereocenters. The normalized spacial score (nSPS) is 13.1. The molecule has 0 atom stereocenters. The Labute approximate surface area is 114 Å². The Hall–Kier alpha value is -2.31. The van der Waals surface area contributed by atoms with E-state index in [1.165, 1.54) is 14.2 Å². The highest BCUT2D eigenvalue weighted by Gasteiger charge is 2.34. The zero-order valence-corrected chi connectivity index (χ0v) is 11.0. The summed E-state index contributed by atoms with van der Waals surface area (Å²) in [7, 11) is 2.91. The van der Waals surface area contributed by atoms with E-state index in [1.807, 2.05) is 5.43 Å². The topological polar surface area (TPSA) is 46.0 Å². The molecule has 0 radical (unpaired) electrons. The van der Waals surface area contributed by atoms with Crippen molar-refractivity contribution in [2.24, 2.45) is 10.1 Å². The van der Waals surface area contributed by atoms with E-state index in [4.69, 9.17) is 4.74 Å². The SMILES string of the molecule is C=NN/C(=C\C(=NC)c1ccc(OC)cc1)C(F)(F)F. The Kier molecular flexibility index (Phi) is 5.31. The summed E-state index contributed by atoms with van der Waals surface area (Å²) in [5.74, 6) is 0.607. The molecule has 1 aromatic rings. The molecule has 0 aliphatic carbocycles. The number of ether oxygens (including phenoxy) is 1. The van der Waals surface area contributed by atoms with E-state index < -0.39 is 11.9 Å². The molecule has 1 aromatic carbocycles. The van der Waals surface area contributed by atoms with Gasteiger partial charge >= 0.3 is 6.18 Å². The van der Waals surface area contributed by atoms with E-state index >= 15 is 0 Å². The van der Waals surface area contributed by atoms with Crippen LogP contribution in [0, 0.1) is 0 Å². The molecule has 0 aliphatic rings. The largest absolute Gasteiger partial charge is 0.497 e. The summed E-state index contributed by atoms with van der Waals surface area (Å²) < 4.78 is 43.2. The molecule has 108 valence electrons. The lowest BCUT2D eigenvalue weighted by molar-refractivity contribution is -0.0965. The van der Waals surface area contributed by atoms with Gasteiger partial charge < -0.3 is 4.74 Å². The van der Waals surface area contributed by atoms with Gasteiger partial charge in [0.25, 0.3) is 0 Å². The van der Waals surface area contributed by atoms with Crippen LogP contribution in [0.2, 0.25) is 0 Å². The summed E-state index contributed by atoms with van der Waals surface area (Å²) in [6.07, 6.45) is -3.69. The molecule has 7 heteroatoms. The number of rotatable bonds is 5. The van der Waals surface area contributed by atoms with Gasteiger partial charge in [0.15, 0.2) is 0 Å². The maximum Gasteiger partial charge on any atom is 0.432 e. The Morgan fingerprint density at radius 1 is 1.30 bits per heavy atom. The van der Waals surface area contributed by atoms with Gasteiger partial charge in [-0.1, -0.05) is 0 Å². The molecule has 0 heterocycles. The molecule has 0 spiro atoms. The van der Waals surface area contributed by atoms with Crippen LogP contribution in [0.3, 0.4) is 0 Å². The maximum absolute atomic E-state index is 12.7. The second-order valence-electron chi connectivity index (χ2n) is 3.66. The maximum atomic E-state index is 12.7. The molecule has 1 rings (SSSR count). The highest BCUT2D eigenvalue weighted by atomic mass is 19.4. The van der Waals surface area contributed by atoms with E-state index in [0.29, 0.717) is 11.3 Å². The van der Waals surface area contributed by atoms with Crippen LogP contribution in [0.5, 0.6) is 5.75 Å². The summed E-state index contributed by atoms with van der Waals surface area (Å²) in [5, 5.41) is 3.05. The molecule has 0 saturated carbocycles. The highest BCUT2D eigenvalue weighted by Crippen LogP contribution is 2.24. The number of benzene rings is 1. The summed E-state index contributed by atoms with van der Waals surface area (Å²) in [6.45, 7) is 2.98. The van der Waals surface area contributed by atoms with Crippen LogP contribution in [-0.2, 0) is 0 Å². The summed E-state index contributed by atoms with van der Waals surface area (Å²) in [5.41, 5.74) is 1.48. The third-order valence-electron chi connectivity index (χ3n) is 2.41. The van der Waals surface area contributed by atoms with Gasteiger partial charge in [-0.2, -0.15) is 18.3 Å². The van der Waals surface area contributed by atoms with Crippen LogP contribution in [0.15, 0.2) is 46.1 Å². The molecule has 20 heavy (non-hydrogen) atoms. The molecule has 0 aromatic heterocycles. The third-order valence-corrected chi connectivity index (χ3v) is 2.41. The molecule has 0 aliphatic heterocycles. The third kappa shape index (κ3) is 4.11. The van der Waals surface area contributed by atoms with Crippen molar-refractivity contribution in [3.05, 3.63) is 41.6 Å². The van der Waals surface area contributed by atoms with Crippen molar-refractivity contribution in [3.63, 3.8) is 0 Å². The van der Waals surface area contributed by atoms with E-state index in [9.17, 15) is 13.2 Å². The van der Waals surface area contributed by atoms with Crippen LogP contribution in [0.25, 0.3) is 0 Å². The quantitative estimate of drug-likeness (QED) is 0.668. The number of nitrogens with one attached hydrogen (secondary N) is 1. The number of methoxy groups -OCH3 is 1. The van der Waals surface area contributed by atoms with Crippen molar-refractivity contribution in [3.8, 4) is 5.75 Å². The number of hydrogen-bond acceptors (Lipinski definition) is 4. The smallest absolute Gasteiger partial charge is 0.432 e. The van der Waals surface area contributed by atoms with Crippen molar-refractivity contribution in [1.82, 2.24) is 5.43 Å². The highest BCUT2D eigenvalue weighted by molar-refractivity contribution is 6.09. The van der Waals surface area contributed by atoms with Crippen LogP contribution < -0.4 is 10.2 Å². The van der Waals surface area contributed by atoms with E-state index in [0.717, 1.165) is 6.08 Å². The zero-order valence-electron chi connectivity index (χ0n) is 11.0. The summed E-state index contributed by atoms with van der Waals surface area (Å²) in [6, 6.07) is 6.52. The fourth-order valence-corrected chi connectivity index (χ4v) is 1.44. The van der Waals surface area contributed by atoms with Gasteiger partial charge in [0.05, 0.1) is 12.8 Å². The zero-order chi connectivity index (χ0) is 15.2. The van der Waals surface area contributed by atoms with E-state index in [-0.39, 0.29) is 5.71 Å². The second kappa shape index (κ2) is 6.74. The average Bonchev–Trinajstić information content (AvgIpc) is 2.42. The molecule has 1 N–H and O–H groups in total. The van der Waals surface area contributed by atoms with Crippen molar-refractivity contribution in [2.75, 3.05) is 14.2 Å². The van der Waals surface area contributed by atoms with Crippen molar-refractivity contribution in [1.29, 1.82) is 0 Å². The lowest BCUT2D eigenvalue weighted by atomic mass is 10.1. The Morgan fingerprint density at radius 3 is 2.30 bits per heavy atom. The van der Waals surface area contributed by atoms with Crippen molar-refractivity contribution >= 4 is 12.4 Å². The minimum Gasteiger partial charge on any atom is -0.497 e. The average molecular weight is 285 g/mol. The summed E-state index contributed by atoms with van der Waals surface area (Å²) >= 11 is 0. The van der Waals surface area contributed by atoms with Gasteiger partial charge in [-0.05, 0) is 35.9 Å². The van der Waals surface area contributed by atoms with E-state index in [2.05, 4.69) is 16.8 Å². The van der Waals surface area contributed by atoms with Crippen LogP contribution in [0.4, 0.5) is 13.2 Å². The molecule has 4 nitrogen and oxygen atoms in total. The first-order valence-electron chi connectivity index (χ1n) is 5.54. The molecule has 0 amide bonds. The monoisotopic (exact) mass is 285 g/mol. The lowest BCUT2D eigenvalue weighted by Crippen LogP contribution is -2.23. The Bertz CT molecular complexity index is 519. The predicted molar refractivity (Wildman–Crippen MR) is 72.3 cm³/mol. The van der Waals surface area contributed by atoms with Crippen LogP contribution >= 0.6 is 0 Å². The van der Waals surface area contributed by atoms with Gasteiger partial charge in [-0.15, -0.1) is 0 Å². The minimum absolute atomic E-state index is 0.163. The van der Waals surface area contributed by atoms with Crippen LogP contribution in [-0.4, -0.2) is 32.8 Å². The number of allylic oxidation sites excluding steroid dienone is 2. The van der Waals surface area contributed by atoms with Crippen molar-refractivity contribution in [2.45, 2.75) is 6.18 Å². The molecule has 0 bridgehead atoms. The number of halogens is 3. The predicted octanol–water partition coefficient (Wildman–Crippen LogP) is 2.77. The number of nitrogens with zero attached hydrogens (tertiary/aromatic N) is 2. The van der Waals surface area contributed by atoms with Gasteiger partial charge in [-0.3, -0.25) is 10.4 Å². The van der Waals surface area contributed by atoms with Gasteiger partial charge in [0, 0.05) is 13.8 Å². The Balaban J connectivity index is 3.14. The minimum atomic E-state index is -4.57. The number of alkyl halides is 3. The number of hydrogen-bond donors (Lipinski definition) is 1. The van der Waals surface area contributed by atoms with Gasteiger partial charge in [0.2, 0.25) is 0 Å². The molecular weight excluding hydrogens is 271 g/mol. The first kappa shape index (κ1) is 15.7.